The van der Waals surface area contributed by atoms with E-state index in [-0.39, 0.29) is 5.75 Å². The molecular formula is C13H18BrNO2. The third kappa shape index (κ3) is 2.43. The Kier molecular flexibility index (Phi) is 3.94. The van der Waals surface area contributed by atoms with E-state index in [1.165, 1.54) is 5.56 Å². The van der Waals surface area contributed by atoms with Crippen LogP contribution in [0.3, 0.4) is 0 Å². The summed E-state index contributed by atoms with van der Waals surface area (Å²) in [4.78, 5) is 0. The SMILES string of the molecule is COc1c(O)cc(Br)c(C)c1C1CCNCC1. The van der Waals surface area contributed by atoms with Crippen molar-refractivity contribution in [2.45, 2.75) is 25.7 Å². The maximum Gasteiger partial charge on any atom is 0.164 e. The van der Waals surface area contributed by atoms with Gasteiger partial charge in [0.25, 0.3) is 0 Å². The number of halogens is 1. The number of benzene rings is 1. The quantitative estimate of drug-likeness (QED) is 0.882. The summed E-state index contributed by atoms with van der Waals surface area (Å²) in [7, 11) is 1.62. The monoisotopic (exact) mass is 299 g/mol. The Balaban J connectivity index is 2.48. The zero-order valence-electron chi connectivity index (χ0n) is 10.2. The zero-order valence-corrected chi connectivity index (χ0v) is 11.8. The largest absolute Gasteiger partial charge is 0.504 e. The van der Waals surface area contributed by atoms with Crippen LogP contribution < -0.4 is 10.1 Å². The van der Waals surface area contributed by atoms with Gasteiger partial charge >= 0.3 is 0 Å². The molecule has 1 aliphatic rings. The van der Waals surface area contributed by atoms with Gasteiger partial charge in [-0.1, -0.05) is 15.9 Å². The molecule has 1 aromatic rings. The molecule has 0 bridgehead atoms. The highest BCUT2D eigenvalue weighted by atomic mass is 79.9. The van der Waals surface area contributed by atoms with Gasteiger partial charge in [0.15, 0.2) is 11.5 Å². The highest BCUT2D eigenvalue weighted by Crippen LogP contribution is 2.43. The predicted molar refractivity (Wildman–Crippen MR) is 71.9 cm³/mol. The van der Waals surface area contributed by atoms with Gasteiger partial charge in [0.1, 0.15) is 0 Å². The molecule has 94 valence electrons. The molecule has 1 heterocycles. The molecule has 0 aliphatic carbocycles. The van der Waals surface area contributed by atoms with E-state index in [0.29, 0.717) is 11.7 Å². The summed E-state index contributed by atoms with van der Waals surface area (Å²) in [6, 6.07) is 1.71. The van der Waals surface area contributed by atoms with Crippen LogP contribution in [0, 0.1) is 6.92 Å². The molecule has 0 aromatic heterocycles. The molecular weight excluding hydrogens is 282 g/mol. The van der Waals surface area contributed by atoms with Crippen LogP contribution in [-0.4, -0.2) is 25.3 Å². The first-order valence-corrected chi connectivity index (χ1v) is 6.71. The van der Waals surface area contributed by atoms with E-state index in [1.54, 1.807) is 13.2 Å². The molecule has 0 radical (unpaired) electrons. The van der Waals surface area contributed by atoms with Gasteiger partial charge in [0, 0.05) is 10.0 Å². The van der Waals surface area contributed by atoms with Crippen molar-refractivity contribution < 1.29 is 9.84 Å². The number of piperidine rings is 1. The van der Waals surface area contributed by atoms with Crippen molar-refractivity contribution in [3.63, 3.8) is 0 Å². The molecule has 0 atom stereocenters. The van der Waals surface area contributed by atoms with Gasteiger partial charge < -0.3 is 15.2 Å². The van der Waals surface area contributed by atoms with E-state index in [9.17, 15) is 5.11 Å². The minimum atomic E-state index is 0.221. The second kappa shape index (κ2) is 5.27. The number of hydrogen-bond donors (Lipinski definition) is 2. The summed E-state index contributed by atoms with van der Waals surface area (Å²) in [5.74, 6) is 1.32. The van der Waals surface area contributed by atoms with Gasteiger partial charge in [0.2, 0.25) is 0 Å². The topological polar surface area (TPSA) is 41.5 Å². The number of rotatable bonds is 2. The Morgan fingerprint density at radius 3 is 2.65 bits per heavy atom. The molecule has 1 fully saturated rings. The summed E-state index contributed by atoms with van der Waals surface area (Å²) in [5, 5.41) is 13.3. The average Bonchev–Trinajstić information content (AvgIpc) is 2.34. The predicted octanol–water partition coefficient (Wildman–Crippen LogP) is 2.94. The summed E-state index contributed by atoms with van der Waals surface area (Å²) < 4.78 is 6.32. The minimum absolute atomic E-state index is 0.221. The molecule has 17 heavy (non-hydrogen) atoms. The standard InChI is InChI=1S/C13H18BrNO2/c1-8-10(14)7-11(16)13(17-2)12(8)9-3-5-15-6-4-9/h7,9,15-16H,3-6H2,1-2H3. The number of ether oxygens (including phenoxy) is 1. The van der Waals surface area contributed by atoms with Crippen LogP contribution in [-0.2, 0) is 0 Å². The second-order valence-corrected chi connectivity index (χ2v) is 5.33. The molecule has 2 N–H and O–H groups in total. The fraction of sp³-hybridized carbons (Fsp3) is 0.538. The van der Waals surface area contributed by atoms with Crippen LogP contribution >= 0.6 is 15.9 Å². The van der Waals surface area contributed by atoms with Crippen LogP contribution in [0.5, 0.6) is 11.5 Å². The molecule has 4 heteroatoms. The van der Waals surface area contributed by atoms with Crippen molar-refractivity contribution in [2.24, 2.45) is 0 Å². The summed E-state index contributed by atoms with van der Waals surface area (Å²) in [5.41, 5.74) is 2.33. The van der Waals surface area contributed by atoms with E-state index in [1.807, 2.05) is 0 Å². The molecule has 3 nitrogen and oxygen atoms in total. The number of phenols is 1. The fourth-order valence-electron chi connectivity index (χ4n) is 2.55. The first-order valence-electron chi connectivity index (χ1n) is 5.91. The van der Waals surface area contributed by atoms with Crippen LogP contribution in [0.1, 0.15) is 29.9 Å². The Hall–Kier alpha value is -0.740. The van der Waals surface area contributed by atoms with Crippen molar-refractivity contribution in [1.29, 1.82) is 0 Å². The fourth-order valence-corrected chi connectivity index (χ4v) is 2.98. The molecule has 1 aromatic carbocycles. The molecule has 0 saturated carbocycles. The summed E-state index contributed by atoms with van der Waals surface area (Å²) in [6.45, 7) is 4.13. The normalized spacial score (nSPS) is 17.1. The zero-order chi connectivity index (χ0) is 12.4. The van der Waals surface area contributed by atoms with Gasteiger partial charge in [0.05, 0.1) is 7.11 Å². The van der Waals surface area contributed by atoms with Crippen LogP contribution in [0.25, 0.3) is 0 Å². The van der Waals surface area contributed by atoms with E-state index < -0.39 is 0 Å². The van der Waals surface area contributed by atoms with Crippen molar-refractivity contribution >= 4 is 15.9 Å². The van der Waals surface area contributed by atoms with Crippen molar-refractivity contribution in [3.8, 4) is 11.5 Å². The molecule has 2 rings (SSSR count). The number of hydrogen-bond acceptors (Lipinski definition) is 3. The number of methoxy groups -OCH3 is 1. The number of nitrogens with one attached hydrogen (secondary N) is 1. The van der Waals surface area contributed by atoms with Gasteiger partial charge in [-0.15, -0.1) is 0 Å². The number of phenolic OH excluding ortho intramolecular Hbond substituents is 1. The van der Waals surface area contributed by atoms with E-state index >= 15 is 0 Å². The van der Waals surface area contributed by atoms with E-state index in [2.05, 4.69) is 28.2 Å². The third-order valence-electron chi connectivity index (χ3n) is 3.45. The maximum atomic E-state index is 9.96. The lowest BCUT2D eigenvalue weighted by atomic mass is 9.86. The lowest BCUT2D eigenvalue weighted by Crippen LogP contribution is -2.27. The van der Waals surface area contributed by atoms with Crippen molar-refractivity contribution in [2.75, 3.05) is 20.2 Å². The second-order valence-electron chi connectivity index (χ2n) is 4.47. The Bertz CT molecular complexity index is 414. The van der Waals surface area contributed by atoms with E-state index in [4.69, 9.17) is 4.74 Å². The lowest BCUT2D eigenvalue weighted by molar-refractivity contribution is 0.357. The molecule has 0 spiro atoms. The smallest absolute Gasteiger partial charge is 0.164 e. The Morgan fingerprint density at radius 1 is 1.41 bits per heavy atom. The summed E-state index contributed by atoms with van der Waals surface area (Å²) in [6.07, 6.45) is 2.18. The van der Waals surface area contributed by atoms with E-state index in [0.717, 1.165) is 36.0 Å². The maximum absolute atomic E-state index is 9.96. The van der Waals surface area contributed by atoms with Crippen LogP contribution in [0.15, 0.2) is 10.5 Å². The highest BCUT2D eigenvalue weighted by Gasteiger charge is 2.24. The van der Waals surface area contributed by atoms with Crippen LogP contribution in [0.2, 0.25) is 0 Å². The molecule has 0 amide bonds. The Morgan fingerprint density at radius 2 is 2.06 bits per heavy atom. The van der Waals surface area contributed by atoms with Gasteiger partial charge in [-0.25, -0.2) is 0 Å². The molecule has 1 saturated heterocycles. The highest BCUT2D eigenvalue weighted by molar-refractivity contribution is 9.10. The van der Waals surface area contributed by atoms with Crippen LogP contribution in [0.4, 0.5) is 0 Å². The summed E-state index contributed by atoms with van der Waals surface area (Å²) >= 11 is 3.50. The average molecular weight is 300 g/mol. The molecule has 0 unspecified atom stereocenters. The lowest BCUT2D eigenvalue weighted by Gasteiger charge is -2.27. The minimum Gasteiger partial charge on any atom is -0.504 e. The first-order chi connectivity index (χ1) is 8.15. The molecule has 1 aliphatic heterocycles. The number of aromatic hydroxyl groups is 1. The Labute approximate surface area is 110 Å². The van der Waals surface area contributed by atoms with Crippen molar-refractivity contribution in [1.82, 2.24) is 5.32 Å². The first kappa shape index (κ1) is 12.7. The third-order valence-corrected chi connectivity index (χ3v) is 4.28. The van der Waals surface area contributed by atoms with Crippen molar-refractivity contribution in [3.05, 3.63) is 21.7 Å². The van der Waals surface area contributed by atoms with Gasteiger partial charge in [-0.05, 0) is 50.4 Å². The van der Waals surface area contributed by atoms with Gasteiger partial charge in [-0.3, -0.25) is 0 Å². The van der Waals surface area contributed by atoms with Gasteiger partial charge in [-0.2, -0.15) is 0 Å².